The number of nitrogens with zero attached hydrogens (tertiary/aromatic N) is 5. The summed E-state index contributed by atoms with van der Waals surface area (Å²) in [5, 5.41) is 11.1. The first-order valence-electron chi connectivity index (χ1n) is 10.6. The van der Waals surface area contributed by atoms with Gasteiger partial charge in [-0.05, 0) is 56.2 Å². The van der Waals surface area contributed by atoms with Crippen molar-refractivity contribution in [1.29, 1.82) is 0 Å². The molecule has 8 heteroatoms. The predicted octanol–water partition coefficient (Wildman–Crippen LogP) is 3.13. The molecule has 1 unspecified atom stereocenters. The Morgan fingerprint density at radius 1 is 1.06 bits per heavy atom. The standard InChI is InChI=1S/C23H28N6O2/c1-23(2,3)28-10-8-27(9-11-28)21(30)18-13-25-20-7-5-16(14-29(18)20)15-4-6-19-17(12-15)26-22(24)31-19/h4-7,12-14,21,30H,8-11H2,1-3H3,(H2,24,26). The molecule has 3 aromatic heterocycles. The monoisotopic (exact) mass is 420 g/mol. The molecule has 3 N–H and O–H groups in total. The normalized spacial score (nSPS) is 17.5. The first-order chi connectivity index (χ1) is 14.8. The molecule has 5 rings (SSSR count). The number of benzene rings is 1. The van der Waals surface area contributed by atoms with Crippen molar-refractivity contribution in [2.45, 2.75) is 32.5 Å². The minimum Gasteiger partial charge on any atom is -0.424 e. The molecular weight excluding hydrogens is 392 g/mol. The van der Waals surface area contributed by atoms with Gasteiger partial charge < -0.3 is 15.3 Å². The van der Waals surface area contributed by atoms with Crippen molar-refractivity contribution < 1.29 is 9.52 Å². The second-order valence-electron chi connectivity index (χ2n) is 9.13. The Morgan fingerprint density at radius 2 is 1.81 bits per heavy atom. The number of aromatic nitrogens is 3. The van der Waals surface area contributed by atoms with Crippen molar-refractivity contribution >= 4 is 22.8 Å². The maximum absolute atomic E-state index is 11.1. The maximum atomic E-state index is 11.1. The zero-order valence-electron chi connectivity index (χ0n) is 18.1. The Hall–Kier alpha value is -2.94. The Bertz CT molecular complexity index is 1230. The molecule has 0 bridgehead atoms. The summed E-state index contributed by atoms with van der Waals surface area (Å²) in [4.78, 5) is 13.3. The van der Waals surface area contributed by atoms with Crippen molar-refractivity contribution in [3.05, 3.63) is 48.4 Å². The van der Waals surface area contributed by atoms with Crippen LogP contribution in [0, 0.1) is 0 Å². The summed E-state index contributed by atoms with van der Waals surface area (Å²) in [7, 11) is 0. The van der Waals surface area contributed by atoms with Crippen LogP contribution < -0.4 is 5.73 Å². The van der Waals surface area contributed by atoms with Crippen molar-refractivity contribution in [3.8, 4) is 11.1 Å². The number of piperazine rings is 1. The zero-order valence-corrected chi connectivity index (χ0v) is 18.1. The summed E-state index contributed by atoms with van der Waals surface area (Å²) in [6.45, 7) is 10.2. The van der Waals surface area contributed by atoms with Gasteiger partial charge >= 0.3 is 0 Å². The van der Waals surface area contributed by atoms with Crippen LogP contribution in [-0.4, -0.2) is 61.0 Å². The molecule has 4 heterocycles. The number of nitrogen functional groups attached to an aromatic ring is 1. The summed E-state index contributed by atoms with van der Waals surface area (Å²) in [5.41, 5.74) is 10.8. The number of hydrogen-bond acceptors (Lipinski definition) is 7. The lowest BCUT2D eigenvalue weighted by molar-refractivity contribution is -0.0454. The first kappa shape index (κ1) is 20.0. The van der Waals surface area contributed by atoms with Gasteiger partial charge in [0.1, 0.15) is 11.2 Å². The van der Waals surface area contributed by atoms with Crippen LogP contribution in [0.3, 0.4) is 0 Å². The molecule has 0 saturated carbocycles. The average molecular weight is 421 g/mol. The number of pyridine rings is 1. The third-order valence-corrected chi connectivity index (χ3v) is 6.15. The topological polar surface area (TPSA) is 96.1 Å². The number of fused-ring (bicyclic) bond motifs is 2. The highest BCUT2D eigenvalue weighted by Gasteiger charge is 2.30. The zero-order chi connectivity index (χ0) is 21.8. The minimum absolute atomic E-state index is 0.144. The van der Waals surface area contributed by atoms with Crippen molar-refractivity contribution in [2.75, 3.05) is 31.9 Å². The molecule has 0 radical (unpaired) electrons. The molecule has 1 fully saturated rings. The third kappa shape index (κ3) is 3.67. The van der Waals surface area contributed by atoms with E-state index in [-0.39, 0.29) is 11.6 Å². The second-order valence-corrected chi connectivity index (χ2v) is 9.13. The van der Waals surface area contributed by atoms with Gasteiger partial charge in [0, 0.05) is 37.9 Å². The number of oxazole rings is 1. The molecule has 162 valence electrons. The summed E-state index contributed by atoms with van der Waals surface area (Å²) < 4.78 is 7.34. The van der Waals surface area contributed by atoms with Crippen LogP contribution in [0.1, 0.15) is 32.7 Å². The quantitative estimate of drug-likeness (QED) is 0.526. The SMILES string of the molecule is CC(C)(C)N1CCN(C(O)c2cnc3ccc(-c4ccc5oc(N)nc5c4)cn23)CC1. The number of anilines is 1. The fraction of sp³-hybridized carbons (Fsp3) is 0.391. The lowest BCUT2D eigenvalue weighted by Crippen LogP contribution is -2.54. The van der Waals surface area contributed by atoms with E-state index in [1.165, 1.54) is 0 Å². The van der Waals surface area contributed by atoms with Crippen LogP contribution in [0.4, 0.5) is 6.01 Å². The highest BCUT2D eigenvalue weighted by atomic mass is 16.4. The molecule has 1 saturated heterocycles. The van der Waals surface area contributed by atoms with E-state index in [4.69, 9.17) is 10.2 Å². The lowest BCUT2D eigenvalue weighted by Gasteiger charge is -2.43. The second kappa shape index (κ2) is 7.33. The largest absolute Gasteiger partial charge is 0.424 e. The molecular formula is C23H28N6O2. The smallest absolute Gasteiger partial charge is 0.292 e. The van der Waals surface area contributed by atoms with Crippen molar-refractivity contribution in [3.63, 3.8) is 0 Å². The summed E-state index contributed by atoms with van der Waals surface area (Å²) >= 11 is 0. The maximum Gasteiger partial charge on any atom is 0.292 e. The van der Waals surface area contributed by atoms with Crippen LogP contribution in [0.25, 0.3) is 27.9 Å². The van der Waals surface area contributed by atoms with Gasteiger partial charge in [-0.3, -0.25) is 14.2 Å². The van der Waals surface area contributed by atoms with Crippen LogP contribution in [0.5, 0.6) is 0 Å². The van der Waals surface area contributed by atoms with E-state index < -0.39 is 6.23 Å². The van der Waals surface area contributed by atoms with Crippen LogP contribution in [0.15, 0.2) is 47.1 Å². The Labute approximate surface area is 180 Å². The van der Waals surface area contributed by atoms with Gasteiger partial charge in [0.2, 0.25) is 0 Å². The molecule has 0 amide bonds. The van der Waals surface area contributed by atoms with Gasteiger partial charge in [-0.2, -0.15) is 4.98 Å². The highest BCUT2D eigenvalue weighted by molar-refractivity contribution is 5.81. The van der Waals surface area contributed by atoms with Crippen molar-refractivity contribution in [1.82, 2.24) is 24.2 Å². The van der Waals surface area contributed by atoms with Gasteiger partial charge in [-0.1, -0.05) is 6.07 Å². The molecule has 0 aliphatic carbocycles. The summed E-state index contributed by atoms with van der Waals surface area (Å²) in [6, 6.07) is 9.95. The number of nitrogens with two attached hydrogens (primary N) is 1. The number of imidazole rings is 1. The highest BCUT2D eigenvalue weighted by Crippen LogP contribution is 2.28. The van der Waals surface area contributed by atoms with Crippen LogP contribution >= 0.6 is 0 Å². The Balaban J connectivity index is 1.43. The fourth-order valence-electron chi connectivity index (χ4n) is 4.31. The number of aliphatic hydroxyl groups excluding tert-OH is 1. The number of aliphatic hydroxyl groups is 1. The molecule has 1 atom stereocenters. The number of rotatable bonds is 3. The van der Waals surface area contributed by atoms with Gasteiger partial charge in [0.15, 0.2) is 11.8 Å². The van der Waals surface area contributed by atoms with Gasteiger partial charge in [0.25, 0.3) is 6.01 Å². The molecule has 31 heavy (non-hydrogen) atoms. The van der Waals surface area contributed by atoms with E-state index in [1.54, 1.807) is 6.20 Å². The van der Waals surface area contributed by atoms with E-state index in [1.807, 2.05) is 40.9 Å². The third-order valence-electron chi connectivity index (χ3n) is 6.15. The van der Waals surface area contributed by atoms with Crippen molar-refractivity contribution in [2.24, 2.45) is 0 Å². The van der Waals surface area contributed by atoms with Gasteiger partial charge in [-0.25, -0.2) is 4.98 Å². The molecule has 1 aromatic carbocycles. The summed E-state index contributed by atoms with van der Waals surface area (Å²) in [5.74, 6) is 0. The van der Waals surface area contributed by atoms with Crippen LogP contribution in [0.2, 0.25) is 0 Å². The average Bonchev–Trinajstić information content (AvgIpc) is 3.34. The van der Waals surface area contributed by atoms with E-state index in [0.717, 1.165) is 54.2 Å². The van der Waals surface area contributed by atoms with E-state index >= 15 is 0 Å². The van der Waals surface area contributed by atoms with E-state index in [9.17, 15) is 5.11 Å². The van der Waals surface area contributed by atoms with Gasteiger partial charge in [0.05, 0.1) is 11.9 Å². The Kier molecular flexibility index (Phi) is 4.73. The first-order valence-corrected chi connectivity index (χ1v) is 10.6. The molecule has 1 aliphatic heterocycles. The molecule has 8 nitrogen and oxygen atoms in total. The number of hydrogen-bond donors (Lipinski definition) is 2. The Morgan fingerprint density at radius 3 is 2.55 bits per heavy atom. The summed E-state index contributed by atoms with van der Waals surface area (Å²) in [6.07, 6.45) is 3.07. The fourth-order valence-corrected chi connectivity index (χ4v) is 4.31. The predicted molar refractivity (Wildman–Crippen MR) is 120 cm³/mol. The molecule has 0 spiro atoms. The molecule has 4 aromatic rings. The van der Waals surface area contributed by atoms with Gasteiger partial charge in [-0.15, -0.1) is 0 Å². The van der Waals surface area contributed by atoms with E-state index in [0.29, 0.717) is 5.58 Å². The lowest BCUT2D eigenvalue weighted by atomic mass is 10.0. The van der Waals surface area contributed by atoms with Crippen LogP contribution in [-0.2, 0) is 0 Å². The minimum atomic E-state index is -0.704. The van der Waals surface area contributed by atoms with E-state index in [2.05, 4.69) is 40.5 Å². The molecule has 1 aliphatic rings.